The van der Waals surface area contributed by atoms with Crippen molar-refractivity contribution < 1.29 is 24.6 Å². The summed E-state index contributed by atoms with van der Waals surface area (Å²) in [6, 6.07) is 15.8. The van der Waals surface area contributed by atoms with Crippen LogP contribution in [0.2, 0.25) is 5.02 Å². The molecule has 3 N–H and O–H groups in total. The Morgan fingerprint density at radius 3 is 2.34 bits per heavy atom. The van der Waals surface area contributed by atoms with Crippen molar-refractivity contribution in [2.24, 2.45) is 11.3 Å². The number of likely N-dealkylation sites (tertiary alicyclic amines) is 1. The van der Waals surface area contributed by atoms with E-state index in [4.69, 9.17) is 11.6 Å². The fourth-order valence-electron chi connectivity index (χ4n) is 6.26. The molecule has 8 nitrogen and oxygen atoms in total. The van der Waals surface area contributed by atoms with E-state index < -0.39 is 23.2 Å². The Morgan fingerprint density at radius 1 is 1.07 bits per heavy atom. The Labute approximate surface area is 247 Å². The predicted octanol–water partition coefficient (Wildman–Crippen LogP) is 5.42. The van der Waals surface area contributed by atoms with E-state index in [0.717, 1.165) is 36.8 Å². The summed E-state index contributed by atoms with van der Waals surface area (Å²) >= 11 is 6.07. The van der Waals surface area contributed by atoms with E-state index in [1.54, 1.807) is 17.0 Å². The van der Waals surface area contributed by atoms with E-state index in [1.807, 2.05) is 56.3 Å². The molecule has 4 rings (SSSR count). The Morgan fingerprint density at radius 2 is 1.73 bits per heavy atom. The van der Waals surface area contributed by atoms with Crippen molar-refractivity contribution in [2.75, 3.05) is 19.6 Å². The fraction of sp³-hybridized carbons (Fsp3) is 0.531. The van der Waals surface area contributed by atoms with Crippen LogP contribution in [0.4, 0.5) is 4.79 Å². The maximum absolute atomic E-state index is 13.9. The van der Waals surface area contributed by atoms with Crippen molar-refractivity contribution in [3.05, 3.63) is 70.7 Å². The summed E-state index contributed by atoms with van der Waals surface area (Å²) in [6.45, 7) is 5.05. The van der Waals surface area contributed by atoms with Crippen LogP contribution < -0.4 is 5.32 Å². The molecule has 2 aromatic rings. The van der Waals surface area contributed by atoms with Crippen molar-refractivity contribution in [2.45, 2.75) is 77.0 Å². The molecule has 1 heterocycles. The Hall–Kier alpha value is -3.10. The van der Waals surface area contributed by atoms with E-state index in [1.165, 1.54) is 4.90 Å². The number of hydrogen-bond acceptors (Lipinski definition) is 4. The van der Waals surface area contributed by atoms with E-state index in [-0.39, 0.29) is 30.8 Å². The zero-order valence-electron chi connectivity index (χ0n) is 24.0. The number of aliphatic hydroxyl groups is 1. The largest absolute Gasteiger partial charge is 0.465 e. The molecule has 0 unspecified atom stereocenters. The molecule has 1 aliphatic carbocycles. The molecule has 0 spiro atoms. The van der Waals surface area contributed by atoms with Crippen LogP contribution in [0.25, 0.3) is 0 Å². The number of halogens is 1. The van der Waals surface area contributed by atoms with Gasteiger partial charge in [-0.3, -0.25) is 9.59 Å². The lowest BCUT2D eigenvalue weighted by molar-refractivity contribution is -0.156. The predicted molar refractivity (Wildman–Crippen MR) is 158 cm³/mol. The maximum Gasteiger partial charge on any atom is 0.407 e. The molecule has 2 aromatic carbocycles. The van der Waals surface area contributed by atoms with Crippen LogP contribution in [0.15, 0.2) is 54.6 Å². The lowest BCUT2D eigenvalue weighted by Crippen LogP contribution is -2.60. The van der Waals surface area contributed by atoms with E-state index in [9.17, 15) is 24.6 Å². The van der Waals surface area contributed by atoms with Crippen LogP contribution in [-0.2, 0) is 21.7 Å². The molecule has 1 saturated heterocycles. The molecule has 3 amide bonds. The SMILES string of the molecule is CC1(C)CN(C(=O)[C@@H](CCCN(Cc2ccccc2)C(=O)O)NC(=O)C2CCCC2)CC[C@]1(O)c1ccc(Cl)cc1. The topological polar surface area (TPSA) is 110 Å². The molecule has 222 valence electrons. The number of carbonyl (C=O) groups is 3. The highest BCUT2D eigenvalue weighted by Gasteiger charge is 2.50. The minimum Gasteiger partial charge on any atom is -0.465 e. The normalized spacial score (nSPS) is 21.3. The number of amides is 3. The Balaban J connectivity index is 1.45. The first kappa shape index (κ1) is 30.8. The van der Waals surface area contributed by atoms with Gasteiger partial charge in [0.25, 0.3) is 0 Å². The molecular weight excluding hydrogens is 542 g/mol. The van der Waals surface area contributed by atoms with Crippen molar-refractivity contribution in [3.63, 3.8) is 0 Å². The zero-order chi connectivity index (χ0) is 29.6. The fourth-order valence-corrected chi connectivity index (χ4v) is 6.38. The standard InChI is InChI=1S/C32H42ClN3O5/c1-31(2)22-36(20-18-32(31,41)25-14-16-26(33)17-15-25)29(38)27(34-28(37)24-11-6-7-12-24)13-8-19-35(30(39)40)21-23-9-4-3-5-10-23/h3-5,9-10,14-17,24,27,41H,6-8,11-13,18-22H2,1-2H3,(H,34,37)(H,39,40)/t27-,32+/m1/s1. The van der Waals surface area contributed by atoms with Crippen LogP contribution in [0.1, 0.15) is 69.9 Å². The third-order valence-corrected chi connectivity index (χ3v) is 9.08. The highest BCUT2D eigenvalue weighted by molar-refractivity contribution is 6.30. The summed E-state index contributed by atoms with van der Waals surface area (Å²) in [5, 5.41) is 25.1. The first-order chi connectivity index (χ1) is 19.5. The molecule has 0 aromatic heterocycles. The molecule has 0 radical (unpaired) electrons. The van der Waals surface area contributed by atoms with Crippen molar-refractivity contribution >= 4 is 29.5 Å². The number of hydrogen-bond donors (Lipinski definition) is 3. The van der Waals surface area contributed by atoms with Gasteiger partial charge < -0.3 is 25.3 Å². The first-order valence-electron chi connectivity index (χ1n) is 14.6. The summed E-state index contributed by atoms with van der Waals surface area (Å²) in [4.78, 5) is 42.0. The van der Waals surface area contributed by atoms with Crippen LogP contribution in [0.3, 0.4) is 0 Å². The average Bonchev–Trinajstić information content (AvgIpc) is 3.49. The van der Waals surface area contributed by atoms with Gasteiger partial charge in [-0.05, 0) is 55.4 Å². The summed E-state index contributed by atoms with van der Waals surface area (Å²) in [6.07, 6.45) is 3.73. The second-order valence-corrected chi connectivity index (χ2v) is 12.6. The van der Waals surface area contributed by atoms with Gasteiger partial charge in [0.05, 0.1) is 5.60 Å². The Kier molecular flexibility index (Phi) is 9.97. The minimum atomic E-state index is -1.14. The molecule has 1 aliphatic heterocycles. The lowest BCUT2D eigenvalue weighted by Gasteiger charge is -2.51. The average molecular weight is 584 g/mol. The second kappa shape index (κ2) is 13.3. The molecule has 2 fully saturated rings. The molecule has 41 heavy (non-hydrogen) atoms. The number of carbonyl (C=O) groups excluding carboxylic acids is 2. The molecular formula is C32H42ClN3O5. The van der Waals surface area contributed by atoms with Crippen LogP contribution in [0, 0.1) is 11.3 Å². The van der Waals surface area contributed by atoms with Crippen LogP contribution in [0.5, 0.6) is 0 Å². The number of nitrogens with one attached hydrogen (secondary N) is 1. The highest BCUT2D eigenvalue weighted by atomic mass is 35.5. The van der Waals surface area contributed by atoms with Gasteiger partial charge >= 0.3 is 6.09 Å². The number of piperidine rings is 1. The van der Waals surface area contributed by atoms with Gasteiger partial charge in [0.1, 0.15) is 6.04 Å². The number of rotatable bonds is 10. The van der Waals surface area contributed by atoms with Gasteiger partial charge in [-0.25, -0.2) is 4.79 Å². The minimum absolute atomic E-state index is 0.0910. The molecule has 2 aliphatic rings. The smallest absolute Gasteiger partial charge is 0.407 e. The zero-order valence-corrected chi connectivity index (χ0v) is 24.8. The van der Waals surface area contributed by atoms with Crippen molar-refractivity contribution in [3.8, 4) is 0 Å². The number of nitrogens with zero attached hydrogens (tertiary/aromatic N) is 2. The van der Waals surface area contributed by atoms with E-state index in [0.29, 0.717) is 37.4 Å². The molecule has 0 bridgehead atoms. The molecule has 1 saturated carbocycles. The molecule has 2 atom stereocenters. The van der Waals surface area contributed by atoms with Crippen molar-refractivity contribution in [1.29, 1.82) is 0 Å². The summed E-state index contributed by atoms with van der Waals surface area (Å²) < 4.78 is 0. The Bertz CT molecular complexity index is 1200. The van der Waals surface area contributed by atoms with Gasteiger partial charge in [0.2, 0.25) is 11.8 Å². The first-order valence-corrected chi connectivity index (χ1v) is 15.0. The lowest BCUT2D eigenvalue weighted by atomic mass is 9.66. The van der Waals surface area contributed by atoms with Crippen molar-refractivity contribution in [1.82, 2.24) is 15.1 Å². The third-order valence-electron chi connectivity index (χ3n) is 8.83. The van der Waals surface area contributed by atoms with Gasteiger partial charge in [-0.15, -0.1) is 0 Å². The summed E-state index contributed by atoms with van der Waals surface area (Å²) in [5.74, 6) is -0.381. The summed E-state index contributed by atoms with van der Waals surface area (Å²) in [7, 11) is 0. The van der Waals surface area contributed by atoms with Gasteiger partial charge in [0.15, 0.2) is 0 Å². The number of benzene rings is 2. The third kappa shape index (κ3) is 7.41. The van der Waals surface area contributed by atoms with E-state index in [2.05, 4.69) is 5.32 Å². The van der Waals surface area contributed by atoms with Crippen LogP contribution in [-0.4, -0.2) is 63.6 Å². The van der Waals surface area contributed by atoms with Gasteiger partial charge in [-0.1, -0.05) is 80.8 Å². The van der Waals surface area contributed by atoms with Gasteiger partial charge in [0, 0.05) is 42.5 Å². The van der Waals surface area contributed by atoms with E-state index >= 15 is 0 Å². The molecule has 9 heteroatoms. The summed E-state index contributed by atoms with van der Waals surface area (Å²) in [5.41, 5.74) is -0.154. The van der Waals surface area contributed by atoms with Crippen LogP contribution >= 0.6 is 11.6 Å². The number of carboxylic acid groups (broad SMARTS) is 1. The quantitative estimate of drug-likeness (QED) is 0.346. The van der Waals surface area contributed by atoms with Gasteiger partial charge in [-0.2, -0.15) is 0 Å². The second-order valence-electron chi connectivity index (χ2n) is 12.1. The highest BCUT2D eigenvalue weighted by Crippen LogP contribution is 2.46. The monoisotopic (exact) mass is 583 g/mol. The maximum atomic E-state index is 13.9.